The predicted molar refractivity (Wildman–Crippen MR) is 98.0 cm³/mol. The molecule has 0 bridgehead atoms. The van der Waals surface area contributed by atoms with Crippen LogP contribution < -0.4 is 5.32 Å². The molecule has 1 aromatic carbocycles. The Labute approximate surface area is 148 Å². The summed E-state index contributed by atoms with van der Waals surface area (Å²) in [7, 11) is 0. The Bertz CT molecular complexity index is 652. The quantitative estimate of drug-likeness (QED) is 0.876. The monoisotopic (exact) mass is 340 g/mol. The zero-order chi connectivity index (χ0) is 16.8. The Balaban J connectivity index is 1.40. The highest BCUT2D eigenvalue weighted by Crippen LogP contribution is 2.18. The van der Waals surface area contributed by atoms with Gasteiger partial charge >= 0.3 is 0 Å². The second-order valence-electron chi connectivity index (χ2n) is 6.54. The van der Waals surface area contributed by atoms with Gasteiger partial charge < -0.3 is 5.32 Å². The predicted octanol–water partition coefficient (Wildman–Crippen LogP) is 3.37. The summed E-state index contributed by atoms with van der Waals surface area (Å²) < 4.78 is 0. The average Bonchev–Trinajstić information content (AvgIpc) is 3.16. The zero-order valence-electron chi connectivity index (χ0n) is 14.1. The maximum atomic E-state index is 8.86. The molecule has 1 N–H and O–H groups in total. The molecule has 2 heterocycles. The van der Waals surface area contributed by atoms with Crippen molar-refractivity contribution in [3.63, 3.8) is 0 Å². The fourth-order valence-corrected chi connectivity index (χ4v) is 3.85. The van der Waals surface area contributed by atoms with Crippen LogP contribution in [-0.2, 0) is 6.54 Å². The highest BCUT2D eigenvalue weighted by Gasteiger charge is 2.20. The number of hydrogen-bond acceptors (Lipinski definition) is 5. The Kier molecular flexibility index (Phi) is 5.97. The molecular formula is C19H24N4S. The van der Waals surface area contributed by atoms with Gasteiger partial charge in [-0.05, 0) is 43.6 Å². The maximum Gasteiger partial charge on any atom is 0.0991 e. The van der Waals surface area contributed by atoms with Gasteiger partial charge in [-0.15, -0.1) is 11.3 Å². The van der Waals surface area contributed by atoms with Gasteiger partial charge in [0.05, 0.1) is 16.6 Å². The summed E-state index contributed by atoms with van der Waals surface area (Å²) >= 11 is 1.74. The Morgan fingerprint density at radius 1 is 1.33 bits per heavy atom. The molecular weight excluding hydrogens is 316 g/mol. The van der Waals surface area contributed by atoms with Gasteiger partial charge in [-0.1, -0.05) is 19.1 Å². The third-order valence-electron chi connectivity index (χ3n) is 4.66. The number of nitrogens with one attached hydrogen (secondary N) is 1. The van der Waals surface area contributed by atoms with Crippen molar-refractivity contribution in [1.82, 2.24) is 15.2 Å². The third kappa shape index (κ3) is 4.64. The molecule has 5 heteroatoms. The Morgan fingerprint density at radius 3 is 2.71 bits per heavy atom. The topological polar surface area (TPSA) is 52.0 Å². The standard InChI is InChI=1S/C19H24N4S/c1-15(19-21-8-11-24-19)13-22-18-6-9-23(10-7-18)14-17-4-2-16(12-20)3-5-17/h2-5,8,11,15,18,22H,6-7,9-10,13-14H2,1H3/t15-/m1/s1. The summed E-state index contributed by atoms with van der Waals surface area (Å²) in [6.45, 7) is 6.49. The van der Waals surface area contributed by atoms with Crippen LogP contribution in [0.5, 0.6) is 0 Å². The van der Waals surface area contributed by atoms with Crippen LogP contribution in [0.25, 0.3) is 0 Å². The lowest BCUT2D eigenvalue weighted by Crippen LogP contribution is -2.43. The lowest BCUT2D eigenvalue weighted by Gasteiger charge is -2.33. The summed E-state index contributed by atoms with van der Waals surface area (Å²) in [4.78, 5) is 6.91. The molecule has 126 valence electrons. The van der Waals surface area contributed by atoms with Crippen molar-refractivity contribution in [1.29, 1.82) is 5.26 Å². The highest BCUT2D eigenvalue weighted by molar-refractivity contribution is 7.09. The van der Waals surface area contributed by atoms with Crippen molar-refractivity contribution in [3.8, 4) is 6.07 Å². The van der Waals surface area contributed by atoms with Crippen molar-refractivity contribution in [2.24, 2.45) is 0 Å². The van der Waals surface area contributed by atoms with Crippen LogP contribution in [-0.4, -0.2) is 35.6 Å². The molecule has 1 saturated heterocycles. The first-order valence-electron chi connectivity index (χ1n) is 8.59. The summed E-state index contributed by atoms with van der Waals surface area (Å²) in [5.74, 6) is 0.488. The van der Waals surface area contributed by atoms with Crippen LogP contribution in [0.4, 0.5) is 0 Å². The smallest absolute Gasteiger partial charge is 0.0991 e. The molecule has 3 rings (SSSR count). The molecule has 0 aliphatic carbocycles. The number of rotatable bonds is 6. The number of piperidine rings is 1. The number of aromatic nitrogens is 1. The van der Waals surface area contributed by atoms with Gasteiger partial charge in [-0.25, -0.2) is 4.98 Å². The van der Waals surface area contributed by atoms with Crippen LogP contribution in [0, 0.1) is 11.3 Å². The minimum absolute atomic E-state index is 0.488. The van der Waals surface area contributed by atoms with E-state index in [1.807, 2.05) is 23.7 Å². The molecule has 1 fully saturated rings. The van der Waals surface area contributed by atoms with Crippen molar-refractivity contribution in [3.05, 3.63) is 52.0 Å². The third-order valence-corrected chi connectivity index (χ3v) is 5.67. The summed E-state index contributed by atoms with van der Waals surface area (Å²) in [5.41, 5.74) is 2.02. The van der Waals surface area contributed by atoms with Crippen molar-refractivity contribution < 1.29 is 0 Å². The van der Waals surface area contributed by atoms with Crippen molar-refractivity contribution >= 4 is 11.3 Å². The summed E-state index contributed by atoms with van der Waals surface area (Å²) in [6, 6.07) is 10.7. The molecule has 0 unspecified atom stereocenters. The van der Waals surface area contributed by atoms with Gasteiger partial charge in [0.15, 0.2) is 0 Å². The SMILES string of the molecule is C[C@H](CNC1CCN(Cc2ccc(C#N)cc2)CC1)c1nccs1. The molecule has 1 aromatic heterocycles. The van der Waals surface area contributed by atoms with Crippen LogP contribution in [0.15, 0.2) is 35.8 Å². The van der Waals surface area contributed by atoms with E-state index in [4.69, 9.17) is 5.26 Å². The van der Waals surface area contributed by atoms with Crippen molar-refractivity contribution in [2.45, 2.75) is 38.3 Å². The minimum Gasteiger partial charge on any atom is -0.313 e. The van der Waals surface area contributed by atoms with Crippen molar-refractivity contribution in [2.75, 3.05) is 19.6 Å². The van der Waals surface area contributed by atoms with E-state index in [2.05, 4.69) is 40.3 Å². The number of benzene rings is 1. The second kappa shape index (κ2) is 8.39. The molecule has 1 aliphatic heterocycles. The second-order valence-corrected chi connectivity index (χ2v) is 7.46. The van der Waals surface area contributed by atoms with Gasteiger partial charge in [0.1, 0.15) is 0 Å². The van der Waals surface area contributed by atoms with Crippen LogP contribution in [0.1, 0.15) is 41.8 Å². The summed E-state index contributed by atoms with van der Waals surface area (Å²) in [6.07, 6.45) is 4.28. The number of hydrogen-bond donors (Lipinski definition) is 1. The molecule has 2 aromatic rings. The first kappa shape index (κ1) is 17.1. The van der Waals surface area contributed by atoms with E-state index in [-0.39, 0.29) is 0 Å². The van der Waals surface area contributed by atoms with E-state index in [0.29, 0.717) is 12.0 Å². The Morgan fingerprint density at radius 2 is 2.08 bits per heavy atom. The number of thiazole rings is 1. The van der Waals surface area contributed by atoms with E-state index in [1.165, 1.54) is 23.4 Å². The fourth-order valence-electron chi connectivity index (χ4n) is 3.15. The average molecular weight is 340 g/mol. The normalized spacial score (nSPS) is 17.5. The molecule has 0 radical (unpaired) electrons. The molecule has 1 atom stereocenters. The summed E-state index contributed by atoms with van der Waals surface area (Å²) in [5, 5.41) is 15.8. The zero-order valence-corrected chi connectivity index (χ0v) is 14.9. The minimum atomic E-state index is 0.488. The molecule has 1 aliphatic rings. The molecule has 0 amide bonds. The largest absolute Gasteiger partial charge is 0.313 e. The van der Waals surface area contributed by atoms with Gasteiger partial charge in [0.2, 0.25) is 0 Å². The Hall–Kier alpha value is -1.74. The fraction of sp³-hybridized carbons (Fsp3) is 0.474. The van der Waals surface area contributed by atoms with Gasteiger partial charge in [-0.2, -0.15) is 5.26 Å². The number of likely N-dealkylation sites (tertiary alicyclic amines) is 1. The molecule has 24 heavy (non-hydrogen) atoms. The lowest BCUT2D eigenvalue weighted by atomic mass is 10.0. The van der Waals surface area contributed by atoms with Crippen LogP contribution in [0.2, 0.25) is 0 Å². The maximum absolute atomic E-state index is 8.86. The molecule has 0 spiro atoms. The first-order chi connectivity index (χ1) is 11.7. The van der Waals surface area contributed by atoms with E-state index in [0.717, 1.165) is 31.7 Å². The van der Waals surface area contributed by atoms with Gasteiger partial charge in [0, 0.05) is 36.6 Å². The highest BCUT2D eigenvalue weighted by atomic mass is 32.1. The van der Waals surface area contributed by atoms with E-state index in [9.17, 15) is 0 Å². The molecule has 4 nitrogen and oxygen atoms in total. The molecule has 0 saturated carbocycles. The van der Waals surface area contributed by atoms with E-state index >= 15 is 0 Å². The van der Waals surface area contributed by atoms with E-state index < -0.39 is 0 Å². The lowest BCUT2D eigenvalue weighted by molar-refractivity contribution is 0.190. The first-order valence-corrected chi connectivity index (χ1v) is 9.46. The number of nitriles is 1. The number of nitrogens with zero attached hydrogens (tertiary/aromatic N) is 3. The van der Waals surface area contributed by atoms with E-state index in [1.54, 1.807) is 11.3 Å². The van der Waals surface area contributed by atoms with Gasteiger partial charge in [0.25, 0.3) is 0 Å². The van der Waals surface area contributed by atoms with Gasteiger partial charge in [-0.3, -0.25) is 4.90 Å². The van der Waals surface area contributed by atoms with Crippen LogP contribution in [0.3, 0.4) is 0 Å². The van der Waals surface area contributed by atoms with Crippen LogP contribution >= 0.6 is 11.3 Å².